The molecule has 0 aliphatic rings. The fourth-order valence-electron chi connectivity index (χ4n) is 2.15. The number of urea groups is 1. The SMILES string of the molecule is CCn1c(-c2ccc(C)cc2)cnc1S[C@@H](C)C(=O)NC(N)=O. The van der Waals surface area contributed by atoms with Crippen LogP contribution in [0.3, 0.4) is 0 Å². The van der Waals surface area contributed by atoms with E-state index < -0.39 is 17.2 Å². The van der Waals surface area contributed by atoms with E-state index in [0.717, 1.165) is 23.0 Å². The van der Waals surface area contributed by atoms with Crippen LogP contribution in [0.1, 0.15) is 19.4 Å². The fraction of sp³-hybridized carbons (Fsp3) is 0.312. The Morgan fingerprint density at radius 1 is 1.35 bits per heavy atom. The number of carbonyl (C=O) groups is 2. The molecular formula is C16H20N4O2S. The van der Waals surface area contributed by atoms with Crippen molar-refractivity contribution >= 4 is 23.7 Å². The molecule has 23 heavy (non-hydrogen) atoms. The third-order valence-electron chi connectivity index (χ3n) is 3.38. The minimum Gasteiger partial charge on any atom is -0.351 e. The van der Waals surface area contributed by atoms with Crippen LogP contribution in [0.5, 0.6) is 0 Å². The van der Waals surface area contributed by atoms with E-state index in [1.165, 1.54) is 17.3 Å². The topological polar surface area (TPSA) is 90.0 Å². The molecule has 1 atom stereocenters. The van der Waals surface area contributed by atoms with Crippen LogP contribution < -0.4 is 11.1 Å². The average Bonchev–Trinajstić information content (AvgIpc) is 2.89. The van der Waals surface area contributed by atoms with Gasteiger partial charge in [0.15, 0.2) is 5.16 Å². The predicted octanol–water partition coefficient (Wildman–Crippen LogP) is 2.55. The molecule has 1 aromatic heterocycles. The van der Waals surface area contributed by atoms with Crippen molar-refractivity contribution in [3.8, 4) is 11.3 Å². The first-order valence-corrected chi connectivity index (χ1v) is 8.19. The number of aromatic nitrogens is 2. The van der Waals surface area contributed by atoms with Crippen LogP contribution in [0.2, 0.25) is 0 Å². The van der Waals surface area contributed by atoms with Gasteiger partial charge >= 0.3 is 6.03 Å². The van der Waals surface area contributed by atoms with Crippen LogP contribution in [0.15, 0.2) is 35.6 Å². The molecule has 0 radical (unpaired) electrons. The van der Waals surface area contributed by atoms with E-state index in [-0.39, 0.29) is 0 Å². The van der Waals surface area contributed by atoms with Crippen molar-refractivity contribution in [1.82, 2.24) is 14.9 Å². The molecule has 0 unspecified atom stereocenters. The smallest absolute Gasteiger partial charge is 0.318 e. The molecule has 0 aliphatic heterocycles. The van der Waals surface area contributed by atoms with Crippen molar-refractivity contribution in [2.24, 2.45) is 5.73 Å². The Hall–Kier alpha value is -2.28. The monoisotopic (exact) mass is 332 g/mol. The van der Waals surface area contributed by atoms with Crippen molar-refractivity contribution < 1.29 is 9.59 Å². The number of carbonyl (C=O) groups excluding carboxylic acids is 2. The molecular weight excluding hydrogens is 312 g/mol. The number of nitrogens with one attached hydrogen (secondary N) is 1. The van der Waals surface area contributed by atoms with Gasteiger partial charge in [-0.25, -0.2) is 9.78 Å². The molecule has 1 aromatic carbocycles. The summed E-state index contributed by atoms with van der Waals surface area (Å²) < 4.78 is 2.05. The lowest BCUT2D eigenvalue weighted by molar-refractivity contribution is -0.119. The van der Waals surface area contributed by atoms with Gasteiger partial charge in [0.25, 0.3) is 0 Å². The summed E-state index contributed by atoms with van der Waals surface area (Å²) in [5.41, 5.74) is 8.24. The number of nitrogens with two attached hydrogens (primary N) is 1. The number of rotatable bonds is 5. The Labute approximate surface area is 139 Å². The molecule has 2 aromatic rings. The van der Waals surface area contributed by atoms with Gasteiger partial charge in [-0.3, -0.25) is 10.1 Å². The summed E-state index contributed by atoms with van der Waals surface area (Å²) in [7, 11) is 0. The molecule has 0 saturated carbocycles. The number of imidazole rings is 1. The van der Waals surface area contributed by atoms with E-state index in [1.54, 1.807) is 13.1 Å². The summed E-state index contributed by atoms with van der Waals surface area (Å²) in [5, 5.41) is 2.35. The van der Waals surface area contributed by atoms with E-state index >= 15 is 0 Å². The van der Waals surface area contributed by atoms with Gasteiger partial charge < -0.3 is 10.3 Å². The molecule has 0 saturated heterocycles. The molecule has 2 rings (SSSR count). The number of amides is 3. The summed E-state index contributed by atoms with van der Waals surface area (Å²) in [4.78, 5) is 27.0. The highest BCUT2D eigenvalue weighted by molar-refractivity contribution is 8.00. The molecule has 7 heteroatoms. The Kier molecular flexibility index (Phi) is 5.44. The van der Waals surface area contributed by atoms with E-state index in [9.17, 15) is 9.59 Å². The van der Waals surface area contributed by atoms with Gasteiger partial charge in [-0.05, 0) is 26.3 Å². The van der Waals surface area contributed by atoms with Gasteiger partial charge in [0.05, 0.1) is 17.1 Å². The van der Waals surface area contributed by atoms with E-state index in [1.807, 2.05) is 18.4 Å². The predicted molar refractivity (Wildman–Crippen MR) is 91.1 cm³/mol. The second-order valence-electron chi connectivity index (χ2n) is 5.15. The van der Waals surface area contributed by atoms with Crippen LogP contribution in [0.4, 0.5) is 4.79 Å². The van der Waals surface area contributed by atoms with Crippen molar-refractivity contribution in [1.29, 1.82) is 0 Å². The van der Waals surface area contributed by atoms with Crippen LogP contribution >= 0.6 is 11.8 Å². The molecule has 6 nitrogen and oxygen atoms in total. The van der Waals surface area contributed by atoms with Crippen molar-refractivity contribution in [2.45, 2.75) is 37.7 Å². The third-order valence-corrected chi connectivity index (χ3v) is 4.48. The number of thioether (sulfide) groups is 1. The van der Waals surface area contributed by atoms with Gasteiger partial charge in [0.2, 0.25) is 5.91 Å². The Morgan fingerprint density at radius 2 is 2.00 bits per heavy atom. The quantitative estimate of drug-likeness (QED) is 0.823. The zero-order valence-corrected chi connectivity index (χ0v) is 14.2. The van der Waals surface area contributed by atoms with Gasteiger partial charge in [0.1, 0.15) is 0 Å². The number of primary amides is 1. The zero-order chi connectivity index (χ0) is 17.0. The number of benzene rings is 1. The van der Waals surface area contributed by atoms with Gasteiger partial charge in [-0.2, -0.15) is 0 Å². The molecule has 0 spiro atoms. The summed E-state index contributed by atoms with van der Waals surface area (Å²) in [6.45, 7) is 6.51. The van der Waals surface area contributed by atoms with E-state index in [0.29, 0.717) is 0 Å². The number of nitrogens with zero attached hydrogens (tertiary/aromatic N) is 2. The number of aryl methyl sites for hydroxylation is 1. The third kappa shape index (κ3) is 4.13. The van der Waals surface area contributed by atoms with Crippen molar-refractivity contribution in [2.75, 3.05) is 0 Å². The molecule has 0 aliphatic carbocycles. The minimum atomic E-state index is -0.846. The molecule has 0 bridgehead atoms. The first-order valence-electron chi connectivity index (χ1n) is 7.32. The largest absolute Gasteiger partial charge is 0.351 e. The average molecular weight is 332 g/mol. The summed E-state index contributed by atoms with van der Waals surface area (Å²) >= 11 is 1.30. The lowest BCUT2D eigenvalue weighted by Crippen LogP contribution is -2.39. The highest BCUT2D eigenvalue weighted by Crippen LogP contribution is 2.28. The standard InChI is InChI=1S/C16H20N4O2S/c1-4-20-13(12-7-5-10(2)6-8-12)9-18-16(20)23-11(3)14(21)19-15(17)22/h5-9,11H,4H2,1-3H3,(H3,17,19,21,22)/t11-/m0/s1. The normalized spacial score (nSPS) is 12.0. The summed E-state index contributed by atoms with van der Waals surface area (Å²) in [5.74, 6) is -0.426. The van der Waals surface area contributed by atoms with Crippen LogP contribution in [-0.4, -0.2) is 26.7 Å². The van der Waals surface area contributed by atoms with Gasteiger partial charge in [-0.15, -0.1) is 0 Å². The molecule has 3 amide bonds. The number of hydrogen-bond donors (Lipinski definition) is 2. The second kappa shape index (κ2) is 7.32. The number of hydrogen-bond acceptors (Lipinski definition) is 4. The highest BCUT2D eigenvalue weighted by Gasteiger charge is 2.20. The van der Waals surface area contributed by atoms with Crippen molar-refractivity contribution in [3.05, 3.63) is 36.0 Å². The summed E-state index contributed by atoms with van der Waals surface area (Å²) in [6, 6.07) is 7.37. The summed E-state index contributed by atoms with van der Waals surface area (Å²) in [6.07, 6.45) is 1.80. The van der Waals surface area contributed by atoms with Crippen LogP contribution in [0.25, 0.3) is 11.3 Å². The van der Waals surface area contributed by atoms with E-state index in [2.05, 4.69) is 34.6 Å². The Balaban J connectivity index is 2.22. The van der Waals surface area contributed by atoms with Crippen LogP contribution in [-0.2, 0) is 11.3 Å². The Bertz CT molecular complexity index is 709. The first kappa shape index (κ1) is 17.1. The minimum absolute atomic E-state index is 0.426. The van der Waals surface area contributed by atoms with Crippen LogP contribution in [0, 0.1) is 6.92 Å². The maximum atomic E-state index is 11.8. The zero-order valence-electron chi connectivity index (χ0n) is 13.4. The highest BCUT2D eigenvalue weighted by atomic mass is 32.2. The molecule has 122 valence electrons. The van der Waals surface area contributed by atoms with Gasteiger partial charge in [0, 0.05) is 6.54 Å². The maximum absolute atomic E-state index is 11.8. The lowest BCUT2D eigenvalue weighted by Gasteiger charge is -2.12. The van der Waals surface area contributed by atoms with Crippen molar-refractivity contribution in [3.63, 3.8) is 0 Å². The fourth-order valence-corrected chi connectivity index (χ4v) is 3.10. The first-order chi connectivity index (χ1) is 10.9. The molecule has 0 fully saturated rings. The molecule has 1 heterocycles. The number of imide groups is 1. The maximum Gasteiger partial charge on any atom is 0.318 e. The lowest BCUT2D eigenvalue weighted by atomic mass is 10.1. The Morgan fingerprint density at radius 3 is 2.57 bits per heavy atom. The van der Waals surface area contributed by atoms with E-state index in [4.69, 9.17) is 5.73 Å². The second-order valence-corrected chi connectivity index (χ2v) is 6.46. The van der Waals surface area contributed by atoms with Gasteiger partial charge in [-0.1, -0.05) is 41.6 Å². The molecule has 3 N–H and O–H groups in total.